The van der Waals surface area contributed by atoms with Gasteiger partial charge in [0.1, 0.15) is 5.65 Å². The van der Waals surface area contributed by atoms with Crippen LogP contribution in [0.25, 0.3) is 16.8 Å². The maximum absolute atomic E-state index is 11.9. The summed E-state index contributed by atoms with van der Waals surface area (Å²) in [5, 5.41) is 0.632. The Morgan fingerprint density at radius 1 is 1.30 bits per heavy atom. The summed E-state index contributed by atoms with van der Waals surface area (Å²) >= 11 is 9.69. The molecule has 0 spiro atoms. The van der Waals surface area contributed by atoms with Crippen molar-refractivity contribution >= 4 is 33.2 Å². The van der Waals surface area contributed by atoms with Gasteiger partial charge in [-0.15, -0.1) is 0 Å². The maximum atomic E-state index is 11.9. The average Bonchev–Trinajstić information content (AvgIpc) is 2.46. The molecule has 3 rings (SSSR count). The second-order valence-corrected chi connectivity index (χ2v) is 5.57. The summed E-state index contributed by atoms with van der Waals surface area (Å²) in [6.45, 7) is 3.65. The quantitative estimate of drug-likeness (QED) is 0.667. The molecule has 0 aliphatic carbocycles. The van der Waals surface area contributed by atoms with E-state index < -0.39 is 0 Å². The summed E-state index contributed by atoms with van der Waals surface area (Å²) in [6, 6.07) is 9.38. The Bertz CT molecular complexity index is 873. The first-order valence-corrected chi connectivity index (χ1v) is 7.03. The standard InChI is InChI=1S/C15H9BrClN2O/c1-9-8-18-13-7-10(5-6-19(13)15(9)20)11-3-2-4-12(16)14(11)17/h2-8H,1H2. The summed E-state index contributed by atoms with van der Waals surface area (Å²) in [4.78, 5) is 16.1. The zero-order valence-electron chi connectivity index (χ0n) is 10.3. The van der Waals surface area contributed by atoms with Crippen LogP contribution in [-0.2, 0) is 0 Å². The van der Waals surface area contributed by atoms with Gasteiger partial charge in [-0.05, 0) is 46.6 Å². The summed E-state index contributed by atoms with van der Waals surface area (Å²) in [5.74, 6) is 0. The number of nitrogens with zero attached hydrogens (tertiary/aromatic N) is 2. The molecule has 0 fully saturated rings. The lowest BCUT2D eigenvalue weighted by molar-refractivity contribution is 1.03. The van der Waals surface area contributed by atoms with Crippen molar-refractivity contribution < 1.29 is 0 Å². The highest BCUT2D eigenvalue weighted by atomic mass is 79.9. The van der Waals surface area contributed by atoms with Crippen LogP contribution < -0.4 is 5.56 Å². The van der Waals surface area contributed by atoms with Gasteiger partial charge in [0.25, 0.3) is 5.56 Å². The van der Waals surface area contributed by atoms with Crippen LogP contribution >= 0.6 is 27.5 Å². The van der Waals surface area contributed by atoms with Gasteiger partial charge in [-0.2, -0.15) is 0 Å². The molecular formula is C15H9BrClN2O. The molecule has 99 valence electrons. The van der Waals surface area contributed by atoms with Crippen LogP contribution in [0.5, 0.6) is 0 Å². The minimum absolute atomic E-state index is 0.165. The van der Waals surface area contributed by atoms with Crippen LogP contribution in [-0.4, -0.2) is 9.38 Å². The summed E-state index contributed by atoms with van der Waals surface area (Å²) in [5.41, 5.74) is 2.56. The largest absolute Gasteiger partial charge is 0.269 e. The van der Waals surface area contributed by atoms with Gasteiger partial charge in [-0.3, -0.25) is 9.20 Å². The normalized spacial score (nSPS) is 10.9. The van der Waals surface area contributed by atoms with Gasteiger partial charge < -0.3 is 0 Å². The Morgan fingerprint density at radius 3 is 2.90 bits per heavy atom. The predicted molar refractivity (Wildman–Crippen MR) is 84.1 cm³/mol. The van der Waals surface area contributed by atoms with Crippen molar-refractivity contribution in [3.05, 3.63) is 75.1 Å². The lowest BCUT2D eigenvalue weighted by Gasteiger charge is -2.08. The van der Waals surface area contributed by atoms with E-state index in [1.165, 1.54) is 10.6 Å². The van der Waals surface area contributed by atoms with Gasteiger partial charge in [0.05, 0.1) is 5.02 Å². The van der Waals surface area contributed by atoms with Crippen LogP contribution in [0, 0.1) is 6.92 Å². The number of rotatable bonds is 1. The number of fused-ring (bicyclic) bond motifs is 1. The minimum atomic E-state index is -0.165. The smallest absolute Gasteiger partial charge is 0.261 e. The summed E-state index contributed by atoms with van der Waals surface area (Å²) in [6.07, 6.45) is 3.16. The fraction of sp³-hybridized carbons (Fsp3) is 0. The highest BCUT2D eigenvalue weighted by molar-refractivity contribution is 9.10. The Labute approximate surface area is 129 Å². The summed E-state index contributed by atoms with van der Waals surface area (Å²) < 4.78 is 2.30. The lowest BCUT2D eigenvalue weighted by atomic mass is 10.1. The van der Waals surface area contributed by atoms with Crippen molar-refractivity contribution in [2.24, 2.45) is 0 Å². The van der Waals surface area contributed by atoms with Gasteiger partial charge >= 0.3 is 0 Å². The third-order valence-electron chi connectivity index (χ3n) is 3.04. The average molecular weight is 349 g/mol. The number of hydrogen-bond donors (Lipinski definition) is 0. The van der Waals surface area contributed by atoms with Crippen molar-refractivity contribution in [1.82, 2.24) is 9.38 Å². The molecule has 0 aliphatic rings. The molecule has 1 aromatic carbocycles. The molecule has 0 amide bonds. The van der Waals surface area contributed by atoms with Crippen LogP contribution in [0.3, 0.4) is 0 Å². The molecule has 0 saturated heterocycles. The van der Waals surface area contributed by atoms with Gasteiger partial charge in [0, 0.05) is 28.0 Å². The van der Waals surface area contributed by atoms with Crippen LogP contribution in [0.4, 0.5) is 0 Å². The van der Waals surface area contributed by atoms with Crippen molar-refractivity contribution in [2.75, 3.05) is 0 Å². The van der Waals surface area contributed by atoms with Gasteiger partial charge in [0.2, 0.25) is 0 Å². The molecule has 0 aliphatic heterocycles. The SMILES string of the molecule is [CH2]c1cnc2cc(-c3cccc(Br)c3Cl)ccn2c1=O. The van der Waals surface area contributed by atoms with E-state index in [1.807, 2.05) is 30.3 Å². The molecule has 0 N–H and O–H groups in total. The van der Waals surface area contributed by atoms with E-state index >= 15 is 0 Å². The van der Waals surface area contributed by atoms with Crippen LogP contribution in [0.15, 0.2) is 52.0 Å². The molecule has 3 aromatic rings. The van der Waals surface area contributed by atoms with Crippen molar-refractivity contribution in [2.45, 2.75) is 0 Å². The third kappa shape index (κ3) is 2.15. The molecule has 0 unspecified atom stereocenters. The van der Waals surface area contributed by atoms with Gasteiger partial charge in [0.15, 0.2) is 0 Å². The highest BCUT2D eigenvalue weighted by Crippen LogP contribution is 2.33. The van der Waals surface area contributed by atoms with Crippen molar-refractivity contribution in [1.29, 1.82) is 0 Å². The van der Waals surface area contributed by atoms with Crippen LogP contribution in [0.2, 0.25) is 5.02 Å². The molecule has 0 atom stereocenters. The number of benzene rings is 1. The number of hydrogen-bond acceptors (Lipinski definition) is 2. The molecule has 2 heterocycles. The minimum Gasteiger partial charge on any atom is -0.269 e. The van der Waals surface area contributed by atoms with E-state index in [1.54, 1.807) is 6.20 Å². The molecule has 5 heteroatoms. The van der Waals surface area contributed by atoms with E-state index in [0.29, 0.717) is 16.2 Å². The Kier molecular flexibility index (Phi) is 3.36. The third-order valence-corrected chi connectivity index (χ3v) is 4.34. The molecule has 2 aromatic heterocycles. The molecule has 0 saturated carbocycles. The monoisotopic (exact) mass is 347 g/mol. The first-order chi connectivity index (χ1) is 9.58. The zero-order chi connectivity index (χ0) is 14.3. The van der Waals surface area contributed by atoms with E-state index in [2.05, 4.69) is 27.8 Å². The van der Waals surface area contributed by atoms with E-state index in [-0.39, 0.29) is 5.56 Å². The molecule has 20 heavy (non-hydrogen) atoms. The van der Waals surface area contributed by atoms with E-state index in [0.717, 1.165) is 15.6 Å². The Balaban J connectivity index is 2.26. The maximum Gasteiger partial charge on any atom is 0.261 e. The number of aromatic nitrogens is 2. The zero-order valence-corrected chi connectivity index (χ0v) is 12.6. The van der Waals surface area contributed by atoms with Crippen LogP contribution in [0.1, 0.15) is 5.56 Å². The first kappa shape index (κ1) is 13.3. The van der Waals surface area contributed by atoms with E-state index in [9.17, 15) is 4.79 Å². The molecule has 3 nitrogen and oxygen atoms in total. The van der Waals surface area contributed by atoms with Gasteiger partial charge in [-0.1, -0.05) is 23.7 Å². The fourth-order valence-corrected chi connectivity index (χ4v) is 2.61. The van der Waals surface area contributed by atoms with E-state index in [4.69, 9.17) is 11.6 Å². The molecular weight excluding hydrogens is 340 g/mol. The predicted octanol–water partition coefficient (Wildman–Crippen LogP) is 3.96. The topological polar surface area (TPSA) is 34.4 Å². The summed E-state index contributed by atoms with van der Waals surface area (Å²) in [7, 11) is 0. The highest BCUT2D eigenvalue weighted by Gasteiger charge is 2.08. The van der Waals surface area contributed by atoms with Crippen molar-refractivity contribution in [3.63, 3.8) is 0 Å². The first-order valence-electron chi connectivity index (χ1n) is 5.85. The Morgan fingerprint density at radius 2 is 2.10 bits per heavy atom. The van der Waals surface area contributed by atoms with Gasteiger partial charge in [-0.25, -0.2) is 4.98 Å². The Hall–Kier alpha value is -1.65. The number of halogens is 2. The molecule has 0 bridgehead atoms. The van der Waals surface area contributed by atoms with Crippen molar-refractivity contribution in [3.8, 4) is 11.1 Å². The number of pyridine rings is 1. The second kappa shape index (κ2) is 5.04. The second-order valence-electron chi connectivity index (χ2n) is 4.33. The molecule has 1 radical (unpaired) electrons. The fourth-order valence-electron chi connectivity index (χ4n) is 2.01. The lowest BCUT2D eigenvalue weighted by Crippen LogP contribution is -2.16.